The standard InChI is InChI=1S/C10H10BrNO4/c1-6-3-9(12(14)15)8(11)4-7(6)5-10(13)16-2/h3-4H,5H2,1-2H3. The smallest absolute Gasteiger partial charge is 0.309 e. The molecular weight excluding hydrogens is 278 g/mol. The van der Waals surface area contributed by atoms with Gasteiger partial charge in [-0.3, -0.25) is 14.9 Å². The molecule has 0 amide bonds. The summed E-state index contributed by atoms with van der Waals surface area (Å²) in [4.78, 5) is 21.3. The number of aryl methyl sites for hydroxylation is 1. The number of rotatable bonds is 3. The van der Waals surface area contributed by atoms with Crippen LogP contribution in [0.15, 0.2) is 16.6 Å². The van der Waals surface area contributed by atoms with Gasteiger partial charge in [-0.2, -0.15) is 0 Å². The highest BCUT2D eigenvalue weighted by molar-refractivity contribution is 9.10. The van der Waals surface area contributed by atoms with Crippen LogP contribution >= 0.6 is 15.9 Å². The summed E-state index contributed by atoms with van der Waals surface area (Å²) in [6.45, 7) is 1.72. The van der Waals surface area contributed by atoms with E-state index in [-0.39, 0.29) is 18.1 Å². The first-order chi connectivity index (χ1) is 7.45. The minimum Gasteiger partial charge on any atom is -0.469 e. The third-order valence-corrected chi connectivity index (χ3v) is 2.80. The average Bonchev–Trinajstić information content (AvgIpc) is 2.22. The Morgan fingerprint density at radius 3 is 2.69 bits per heavy atom. The van der Waals surface area contributed by atoms with Crippen molar-refractivity contribution in [3.05, 3.63) is 37.8 Å². The van der Waals surface area contributed by atoms with Gasteiger partial charge in [0.2, 0.25) is 0 Å². The SMILES string of the molecule is COC(=O)Cc1cc(Br)c([N+](=O)[O-])cc1C. The third-order valence-electron chi connectivity index (χ3n) is 2.16. The Balaban J connectivity index is 3.10. The van der Waals surface area contributed by atoms with E-state index in [0.717, 1.165) is 0 Å². The van der Waals surface area contributed by atoms with E-state index in [1.807, 2.05) is 0 Å². The first-order valence-corrected chi connectivity index (χ1v) is 5.25. The lowest BCUT2D eigenvalue weighted by Crippen LogP contribution is -2.06. The van der Waals surface area contributed by atoms with Crippen molar-refractivity contribution < 1.29 is 14.5 Å². The number of esters is 1. The Labute approximate surface area is 101 Å². The minimum absolute atomic E-state index is 0.00823. The van der Waals surface area contributed by atoms with E-state index in [9.17, 15) is 14.9 Å². The van der Waals surface area contributed by atoms with Gasteiger partial charge in [0.1, 0.15) is 0 Å². The maximum absolute atomic E-state index is 11.1. The van der Waals surface area contributed by atoms with Gasteiger partial charge in [0.25, 0.3) is 5.69 Å². The van der Waals surface area contributed by atoms with E-state index in [1.165, 1.54) is 13.2 Å². The van der Waals surface area contributed by atoms with Gasteiger partial charge in [0.15, 0.2) is 0 Å². The van der Waals surface area contributed by atoms with Crippen molar-refractivity contribution >= 4 is 27.6 Å². The number of methoxy groups -OCH3 is 1. The second kappa shape index (κ2) is 5.07. The van der Waals surface area contributed by atoms with Crippen LogP contribution in [0.2, 0.25) is 0 Å². The molecule has 0 aliphatic carbocycles. The lowest BCUT2D eigenvalue weighted by Gasteiger charge is -2.05. The lowest BCUT2D eigenvalue weighted by atomic mass is 10.1. The molecule has 0 spiro atoms. The van der Waals surface area contributed by atoms with Gasteiger partial charge in [-0.25, -0.2) is 0 Å². The van der Waals surface area contributed by atoms with Gasteiger partial charge < -0.3 is 4.74 Å². The van der Waals surface area contributed by atoms with Gasteiger partial charge in [-0.15, -0.1) is 0 Å². The topological polar surface area (TPSA) is 69.4 Å². The molecule has 86 valence electrons. The van der Waals surface area contributed by atoms with Gasteiger partial charge in [-0.1, -0.05) is 0 Å². The summed E-state index contributed by atoms with van der Waals surface area (Å²) in [6.07, 6.45) is 0.110. The van der Waals surface area contributed by atoms with E-state index in [1.54, 1.807) is 13.0 Å². The summed E-state index contributed by atoms with van der Waals surface area (Å²) in [6, 6.07) is 3.01. The highest BCUT2D eigenvalue weighted by Gasteiger charge is 2.16. The van der Waals surface area contributed by atoms with Gasteiger partial charge in [-0.05, 0) is 40.0 Å². The van der Waals surface area contributed by atoms with Crippen LogP contribution in [0.1, 0.15) is 11.1 Å². The van der Waals surface area contributed by atoms with Crippen LogP contribution in [0.3, 0.4) is 0 Å². The van der Waals surface area contributed by atoms with Gasteiger partial charge in [0.05, 0.1) is 22.9 Å². The summed E-state index contributed by atoms with van der Waals surface area (Å²) in [7, 11) is 1.30. The van der Waals surface area contributed by atoms with E-state index in [4.69, 9.17) is 0 Å². The molecule has 0 bridgehead atoms. The fourth-order valence-electron chi connectivity index (χ4n) is 1.27. The quantitative estimate of drug-likeness (QED) is 0.486. The molecule has 0 saturated heterocycles. The molecule has 0 fully saturated rings. The fraction of sp³-hybridized carbons (Fsp3) is 0.300. The van der Waals surface area contributed by atoms with Crippen LogP contribution in [0, 0.1) is 17.0 Å². The predicted octanol–water partition coefficient (Wildman–Crippen LogP) is 2.38. The average molecular weight is 288 g/mol. The largest absolute Gasteiger partial charge is 0.469 e. The number of hydrogen-bond acceptors (Lipinski definition) is 4. The van der Waals surface area contributed by atoms with E-state index < -0.39 is 4.92 Å². The molecule has 0 unspecified atom stereocenters. The molecule has 16 heavy (non-hydrogen) atoms. The number of benzene rings is 1. The van der Waals surface area contributed by atoms with Crippen LogP contribution in [0.25, 0.3) is 0 Å². The van der Waals surface area contributed by atoms with Gasteiger partial charge in [0, 0.05) is 6.07 Å². The number of nitrogens with zero attached hydrogens (tertiary/aromatic N) is 1. The Kier molecular flexibility index (Phi) is 4.00. The Bertz CT molecular complexity index is 445. The van der Waals surface area contributed by atoms with Crippen molar-refractivity contribution in [3.63, 3.8) is 0 Å². The van der Waals surface area contributed by atoms with Crippen molar-refractivity contribution in [2.75, 3.05) is 7.11 Å². The van der Waals surface area contributed by atoms with Crippen LogP contribution in [0.4, 0.5) is 5.69 Å². The Morgan fingerprint density at radius 1 is 1.56 bits per heavy atom. The summed E-state index contributed by atoms with van der Waals surface area (Å²) in [5.41, 5.74) is 1.40. The minimum atomic E-state index is -0.473. The van der Waals surface area contributed by atoms with E-state index in [2.05, 4.69) is 20.7 Å². The fourth-order valence-corrected chi connectivity index (χ4v) is 1.80. The van der Waals surface area contributed by atoms with Crippen molar-refractivity contribution in [1.82, 2.24) is 0 Å². The van der Waals surface area contributed by atoms with Crippen molar-refractivity contribution in [2.24, 2.45) is 0 Å². The highest BCUT2D eigenvalue weighted by atomic mass is 79.9. The number of nitro benzene ring substituents is 1. The second-order valence-corrected chi connectivity index (χ2v) is 4.09. The summed E-state index contributed by atoms with van der Waals surface area (Å²) in [5.74, 6) is -0.371. The monoisotopic (exact) mass is 287 g/mol. The maximum atomic E-state index is 11.1. The first-order valence-electron chi connectivity index (χ1n) is 4.46. The third kappa shape index (κ3) is 2.79. The molecule has 0 atom stereocenters. The molecule has 1 aromatic carbocycles. The zero-order chi connectivity index (χ0) is 12.3. The molecule has 5 nitrogen and oxygen atoms in total. The summed E-state index contributed by atoms with van der Waals surface area (Å²) < 4.78 is 4.90. The summed E-state index contributed by atoms with van der Waals surface area (Å²) in [5, 5.41) is 10.6. The number of carbonyl (C=O) groups is 1. The highest BCUT2D eigenvalue weighted by Crippen LogP contribution is 2.28. The van der Waals surface area contributed by atoms with Crippen molar-refractivity contribution in [1.29, 1.82) is 0 Å². The van der Waals surface area contributed by atoms with Crippen LogP contribution in [0.5, 0.6) is 0 Å². The van der Waals surface area contributed by atoms with Crippen LogP contribution < -0.4 is 0 Å². The molecule has 0 radical (unpaired) electrons. The summed E-state index contributed by atoms with van der Waals surface area (Å²) >= 11 is 3.10. The number of carbonyl (C=O) groups excluding carboxylic acids is 1. The molecule has 0 aliphatic rings. The Morgan fingerprint density at radius 2 is 2.19 bits per heavy atom. The zero-order valence-corrected chi connectivity index (χ0v) is 10.4. The lowest BCUT2D eigenvalue weighted by molar-refractivity contribution is -0.385. The maximum Gasteiger partial charge on any atom is 0.309 e. The molecular formula is C10H10BrNO4. The molecule has 0 aliphatic heterocycles. The molecule has 0 aromatic heterocycles. The van der Waals surface area contributed by atoms with Gasteiger partial charge >= 0.3 is 5.97 Å². The normalized spacial score (nSPS) is 9.94. The molecule has 1 rings (SSSR count). The first kappa shape index (κ1) is 12.6. The number of halogens is 1. The van der Waals surface area contributed by atoms with E-state index in [0.29, 0.717) is 15.6 Å². The molecule has 0 heterocycles. The van der Waals surface area contributed by atoms with Crippen molar-refractivity contribution in [3.8, 4) is 0 Å². The molecule has 0 saturated carbocycles. The second-order valence-electron chi connectivity index (χ2n) is 3.24. The van der Waals surface area contributed by atoms with Crippen LogP contribution in [-0.4, -0.2) is 18.0 Å². The Hall–Kier alpha value is -1.43. The molecule has 1 aromatic rings. The number of hydrogen-bond donors (Lipinski definition) is 0. The van der Waals surface area contributed by atoms with E-state index >= 15 is 0 Å². The predicted molar refractivity (Wildman–Crippen MR) is 61.3 cm³/mol. The number of nitro groups is 1. The zero-order valence-electron chi connectivity index (χ0n) is 8.82. The molecule has 0 N–H and O–H groups in total. The number of ether oxygens (including phenoxy) is 1. The van der Waals surface area contributed by atoms with Crippen LogP contribution in [-0.2, 0) is 16.0 Å². The molecule has 6 heteroatoms. The van der Waals surface area contributed by atoms with Crippen molar-refractivity contribution in [2.45, 2.75) is 13.3 Å².